The summed E-state index contributed by atoms with van der Waals surface area (Å²) in [5.74, 6) is 4.92. The van der Waals surface area contributed by atoms with Crippen molar-refractivity contribution >= 4 is 33.3 Å². The van der Waals surface area contributed by atoms with Crippen molar-refractivity contribution in [1.82, 2.24) is 15.0 Å². The molecule has 3 aromatic carbocycles. The number of terminal acetylenes is 1. The quantitative estimate of drug-likeness (QED) is 0.373. The number of anilines is 2. The summed E-state index contributed by atoms with van der Waals surface area (Å²) in [5, 5.41) is 5.22. The highest BCUT2D eigenvalue weighted by Gasteiger charge is 2.09. The predicted octanol–water partition coefficient (Wildman–Crippen LogP) is 6.00. The Morgan fingerprint density at radius 3 is 2.61 bits per heavy atom. The molecule has 2 heterocycles. The van der Waals surface area contributed by atoms with Gasteiger partial charge in [0, 0.05) is 28.2 Å². The van der Waals surface area contributed by atoms with Gasteiger partial charge in [-0.2, -0.15) is 0 Å². The van der Waals surface area contributed by atoms with E-state index in [9.17, 15) is 0 Å². The third-order valence-electron chi connectivity index (χ3n) is 5.07. The smallest absolute Gasteiger partial charge is 0.141 e. The molecule has 5 rings (SSSR count). The molecule has 0 aliphatic rings. The predicted molar refractivity (Wildman–Crippen MR) is 124 cm³/mol. The topological polar surface area (TPSA) is 59.9 Å². The van der Waals surface area contributed by atoms with Crippen LogP contribution in [-0.2, 0) is 0 Å². The first kappa shape index (κ1) is 18.6. The molecule has 0 radical (unpaired) electrons. The number of fused-ring (bicyclic) bond motifs is 2. The van der Waals surface area contributed by atoms with Gasteiger partial charge in [-0.1, -0.05) is 12.0 Å². The van der Waals surface area contributed by atoms with Crippen LogP contribution in [0.4, 0.5) is 11.5 Å². The molecule has 0 aliphatic carbocycles. The number of pyridine rings is 1. The van der Waals surface area contributed by atoms with E-state index in [0.717, 1.165) is 50.1 Å². The third-order valence-corrected chi connectivity index (χ3v) is 5.07. The summed E-state index contributed by atoms with van der Waals surface area (Å²) in [7, 11) is 0. The summed E-state index contributed by atoms with van der Waals surface area (Å²) in [6.07, 6.45) is 8.87. The zero-order valence-electron chi connectivity index (χ0n) is 16.8. The number of hydrogen-bond acceptors (Lipinski definition) is 5. The number of nitrogens with one attached hydrogen (secondary N) is 1. The van der Waals surface area contributed by atoms with Gasteiger partial charge < -0.3 is 10.1 Å². The number of aryl methyl sites for hydroxylation is 1. The number of hydrogen-bond donors (Lipinski definition) is 1. The zero-order valence-corrected chi connectivity index (χ0v) is 16.8. The SMILES string of the molecule is C#Cc1ccc2ncnc(Nc3ccc(Oc4cccc5ncccc45)c(C)c3)c2c1. The van der Waals surface area contributed by atoms with Crippen LogP contribution in [0.3, 0.4) is 0 Å². The van der Waals surface area contributed by atoms with Crippen LogP contribution in [0.5, 0.6) is 11.5 Å². The van der Waals surface area contributed by atoms with Gasteiger partial charge in [0.2, 0.25) is 0 Å². The summed E-state index contributed by atoms with van der Waals surface area (Å²) in [6, 6.07) is 21.4. The molecule has 1 N–H and O–H groups in total. The van der Waals surface area contributed by atoms with Gasteiger partial charge in [-0.25, -0.2) is 9.97 Å². The van der Waals surface area contributed by atoms with E-state index in [1.807, 2.05) is 73.7 Å². The third kappa shape index (κ3) is 3.63. The standard InChI is InChI=1S/C26H18N4O/c1-3-18-9-11-23-21(15-18)26(29-16-28-23)30-19-10-12-24(17(2)14-19)31-25-8-4-7-22-20(25)6-5-13-27-22/h1,4-16H,2H3,(H,28,29,30). The second-order valence-electron chi connectivity index (χ2n) is 7.13. The second kappa shape index (κ2) is 7.77. The Hall–Kier alpha value is -4.43. The molecule has 0 atom stereocenters. The molecule has 2 aromatic heterocycles. The fourth-order valence-electron chi connectivity index (χ4n) is 3.51. The van der Waals surface area contributed by atoms with Gasteiger partial charge in [-0.3, -0.25) is 4.98 Å². The zero-order chi connectivity index (χ0) is 21.2. The molecule has 0 spiro atoms. The number of benzene rings is 3. The molecule has 0 saturated carbocycles. The average molecular weight is 402 g/mol. The molecule has 5 aromatic rings. The fourth-order valence-corrected chi connectivity index (χ4v) is 3.51. The first-order valence-electron chi connectivity index (χ1n) is 9.82. The van der Waals surface area contributed by atoms with Crippen LogP contribution < -0.4 is 10.1 Å². The number of aromatic nitrogens is 3. The van der Waals surface area contributed by atoms with E-state index in [1.165, 1.54) is 0 Å². The lowest BCUT2D eigenvalue weighted by Crippen LogP contribution is -1.97. The van der Waals surface area contributed by atoms with E-state index < -0.39 is 0 Å². The normalized spacial score (nSPS) is 10.7. The van der Waals surface area contributed by atoms with E-state index >= 15 is 0 Å². The Balaban J connectivity index is 1.45. The maximum atomic E-state index is 6.21. The van der Waals surface area contributed by atoms with Crippen molar-refractivity contribution < 1.29 is 4.74 Å². The molecule has 0 saturated heterocycles. The monoisotopic (exact) mass is 402 g/mol. The van der Waals surface area contributed by atoms with Crippen molar-refractivity contribution in [2.45, 2.75) is 6.92 Å². The molecule has 5 nitrogen and oxygen atoms in total. The molecule has 31 heavy (non-hydrogen) atoms. The minimum atomic E-state index is 0.704. The van der Waals surface area contributed by atoms with Crippen molar-refractivity contribution in [1.29, 1.82) is 0 Å². The molecule has 5 heteroatoms. The van der Waals surface area contributed by atoms with Gasteiger partial charge >= 0.3 is 0 Å². The summed E-state index contributed by atoms with van der Waals surface area (Å²) >= 11 is 0. The molecule has 148 valence electrons. The Labute approximate surface area is 179 Å². The van der Waals surface area contributed by atoms with Gasteiger partial charge in [-0.05, 0) is 73.2 Å². The van der Waals surface area contributed by atoms with Crippen LogP contribution in [-0.4, -0.2) is 15.0 Å². The molecule has 0 aliphatic heterocycles. The number of ether oxygens (including phenoxy) is 1. The van der Waals surface area contributed by atoms with Crippen molar-refractivity contribution in [2.24, 2.45) is 0 Å². The van der Waals surface area contributed by atoms with Crippen LogP contribution in [0, 0.1) is 19.3 Å². The molecular weight excluding hydrogens is 384 g/mol. The van der Waals surface area contributed by atoms with Crippen LogP contribution in [0.15, 0.2) is 79.3 Å². The van der Waals surface area contributed by atoms with Gasteiger partial charge in [-0.15, -0.1) is 6.42 Å². The van der Waals surface area contributed by atoms with Gasteiger partial charge in [0.25, 0.3) is 0 Å². The molecule has 0 amide bonds. The Bertz CT molecular complexity index is 1460. The van der Waals surface area contributed by atoms with Crippen molar-refractivity contribution in [3.8, 4) is 23.8 Å². The Kier molecular flexibility index (Phi) is 4.66. The lowest BCUT2D eigenvalue weighted by atomic mass is 10.1. The average Bonchev–Trinajstić information content (AvgIpc) is 2.81. The van der Waals surface area contributed by atoms with E-state index in [1.54, 1.807) is 12.5 Å². The Morgan fingerprint density at radius 2 is 1.74 bits per heavy atom. The van der Waals surface area contributed by atoms with E-state index in [-0.39, 0.29) is 0 Å². The fraction of sp³-hybridized carbons (Fsp3) is 0.0385. The van der Waals surface area contributed by atoms with Gasteiger partial charge in [0.05, 0.1) is 11.0 Å². The maximum absolute atomic E-state index is 6.21. The number of nitrogens with zero attached hydrogens (tertiary/aromatic N) is 3. The minimum Gasteiger partial charge on any atom is -0.456 e. The largest absolute Gasteiger partial charge is 0.456 e. The Morgan fingerprint density at radius 1 is 0.839 bits per heavy atom. The lowest BCUT2D eigenvalue weighted by molar-refractivity contribution is 0.484. The molecular formula is C26H18N4O. The molecule has 0 fully saturated rings. The van der Waals surface area contributed by atoms with E-state index in [4.69, 9.17) is 11.2 Å². The van der Waals surface area contributed by atoms with Crippen LogP contribution >= 0.6 is 0 Å². The molecule has 0 bridgehead atoms. The van der Waals surface area contributed by atoms with Crippen LogP contribution in [0.25, 0.3) is 21.8 Å². The molecule has 0 unspecified atom stereocenters. The van der Waals surface area contributed by atoms with Gasteiger partial charge in [0.1, 0.15) is 23.6 Å². The first-order valence-corrected chi connectivity index (χ1v) is 9.82. The highest BCUT2D eigenvalue weighted by Crippen LogP contribution is 2.33. The first-order chi connectivity index (χ1) is 15.2. The van der Waals surface area contributed by atoms with Crippen molar-refractivity contribution in [3.05, 3.63) is 90.4 Å². The summed E-state index contributed by atoms with van der Waals surface area (Å²) in [4.78, 5) is 13.1. The van der Waals surface area contributed by atoms with Crippen LogP contribution in [0.2, 0.25) is 0 Å². The summed E-state index contributed by atoms with van der Waals surface area (Å²) in [6.45, 7) is 2.01. The lowest BCUT2D eigenvalue weighted by Gasteiger charge is -2.13. The highest BCUT2D eigenvalue weighted by atomic mass is 16.5. The van der Waals surface area contributed by atoms with Crippen LogP contribution in [0.1, 0.15) is 11.1 Å². The van der Waals surface area contributed by atoms with Gasteiger partial charge in [0.15, 0.2) is 0 Å². The maximum Gasteiger partial charge on any atom is 0.141 e. The highest BCUT2D eigenvalue weighted by molar-refractivity contribution is 5.91. The van der Waals surface area contributed by atoms with Crippen molar-refractivity contribution in [3.63, 3.8) is 0 Å². The van der Waals surface area contributed by atoms with E-state index in [2.05, 4.69) is 26.2 Å². The van der Waals surface area contributed by atoms with Crippen molar-refractivity contribution in [2.75, 3.05) is 5.32 Å². The second-order valence-corrected chi connectivity index (χ2v) is 7.13. The van der Waals surface area contributed by atoms with E-state index in [0.29, 0.717) is 5.82 Å². The number of rotatable bonds is 4. The minimum absolute atomic E-state index is 0.704. The summed E-state index contributed by atoms with van der Waals surface area (Å²) < 4.78 is 6.21. The summed E-state index contributed by atoms with van der Waals surface area (Å²) in [5.41, 5.74) is 4.41.